The number of aryl methyl sites for hydroxylation is 1. The van der Waals surface area contributed by atoms with Gasteiger partial charge in [0.1, 0.15) is 11.5 Å². The summed E-state index contributed by atoms with van der Waals surface area (Å²) >= 11 is 5.96. The van der Waals surface area contributed by atoms with Gasteiger partial charge in [0.05, 0.1) is 17.8 Å². The van der Waals surface area contributed by atoms with Gasteiger partial charge in [-0.2, -0.15) is 5.10 Å². The Balaban J connectivity index is 1.44. The van der Waals surface area contributed by atoms with Crippen molar-refractivity contribution in [3.05, 3.63) is 70.2 Å². The topological polar surface area (TPSA) is 64.2 Å². The first-order valence-corrected chi connectivity index (χ1v) is 10.8. The van der Waals surface area contributed by atoms with Crippen molar-refractivity contribution in [1.29, 1.82) is 0 Å². The maximum absolute atomic E-state index is 13.1. The smallest absolute Gasteiger partial charge is 0.272 e. The summed E-state index contributed by atoms with van der Waals surface area (Å²) in [6, 6.07) is 9.64. The van der Waals surface area contributed by atoms with Crippen molar-refractivity contribution < 1.29 is 9.21 Å². The van der Waals surface area contributed by atoms with Gasteiger partial charge >= 0.3 is 0 Å². The summed E-state index contributed by atoms with van der Waals surface area (Å²) in [6.07, 6.45) is 4.36. The predicted molar refractivity (Wildman–Crippen MR) is 116 cm³/mol. The first-order chi connectivity index (χ1) is 14.4. The summed E-state index contributed by atoms with van der Waals surface area (Å²) in [6.45, 7) is 5.52. The molecule has 7 heteroatoms. The van der Waals surface area contributed by atoms with Crippen molar-refractivity contribution in [2.45, 2.75) is 44.9 Å². The molecule has 1 aromatic carbocycles. The predicted octanol–water partition coefficient (Wildman–Crippen LogP) is 4.80. The molecule has 30 heavy (non-hydrogen) atoms. The summed E-state index contributed by atoms with van der Waals surface area (Å²) in [7, 11) is 1.83. The standard InChI is InChI=1S/C23H27ClN4O2/c1-15(2)20-12-21(27(3)26-20)23(29)28-10-4-5-17(14-28)22-25-13-19(30-22)11-16-6-8-18(24)9-7-16/h6-9,12-13,15,17H,4-5,10-11,14H2,1-3H3/t17-/m1/s1. The monoisotopic (exact) mass is 426 g/mol. The van der Waals surface area contributed by atoms with E-state index < -0.39 is 0 Å². The minimum atomic E-state index is 0.0227. The van der Waals surface area contributed by atoms with E-state index in [4.69, 9.17) is 16.0 Å². The highest BCUT2D eigenvalue weighted by Crippen LogP contribution is 2.28. The molecule has 1 atom stereocenters. The number of hydrogen-bond acceptors (Lipinski definition) is 4. The molecule has 0 N–H and O–H groups in total. The molecule has 0 radical (unpaired) electrons. The second-order valence-corrected chi connectivity index (χ2v) is 8.73. The third-order valence-electron chi connectivity index (χ3n) is 5.63. The lowest BCUT2D eigenvalue weighted by molar-refractivity contribution is 0.0686. The number of hydrogen-bond donors (Lipinski definition) is 0. The van der Waals surface area contributed by atoms with E-state index in [1.165, 1.54) is 0 Å². The zero-order chi connectivity index (χ0) is 21.3. The molecule has 3 aromatic rings. The first-order valence-electron chi connectivity index (χ1n) is 10.4. The molecule has 0 spiro atoms. The van der Waals surface area contributed by atoms with Gasteiger partial charge in [-0.1, -0.05) is 37.6 Å². The van der Waals surface area contributed by atoms with E-state index in [1.54, 1.807) is 10.9 Å². The SMILES string of the molecule is CC(C)c1cc(C(=O)N2CCC[C@@H](c3ncc(Cc4ccc(Cl)cc4)o3)C2)n(C)n1. The van der Waals surface area contributed by atoms with Gasteiger partial charge in [0, 0.05) is 31.6 Å². The Morgan fingerprint density at radius 3 is 2.77 bits per heavy atom. The molecule has 158 valence electrons. The third-order valence-corrected chi connectivity index (χ3v) is 5.88. The Labute approximate surface area is 181 Å². The Morgan fingerprint density at radius 2 is 2.07 bits per heavy atom. The number of aromatic nitrogens is 3. The van der Waals surface area contributed by atoms with Crippen LogP contribution in [0.3, 0.4) is 0 Å². The molecule has 0 unspecified atom stereocenters. The summed E-state index contributed by atoms with van der Waals surface area (Å²) < 4.78 is 7.74. The number of piperidine rings is 1. The fourth-order valence-corrected chi connectivity index (χ4v) is 4.02. The fourth-order valence-electron chi connectivity index (χ4n) is 3.89. The van der Waals surface area contributed by atoms with Crippen molar-refractivity contribution in [2.24, 2.45) is 7.05 Å². The molecule has 4 rings (SSSR count). The molecule has 0 saturated carbocycles. The van der Waals surface area contributed by atoms with Crippen LogP contribution in [0.4, 0.5) is 0 Å². The number of carbonyl (C=O) groups is 1. The number of nitrogens with zero attached hydrogens (tertiary/aromatic N) is 4. The molecule has 3 heterocycles. The number of likely N-dealkylation sites (tertiary alicyclic amines) is 1. The van der Waals surface area contributed by atoms with Gasteiger partial charge in [0.15, 0.2) is 5.89 Å². The maximum Gasteiger partial charge on any atom is 0.272 e. The molecule has 1 aliphatic rings. The quantitative estimate of drug-likeness (QED) is 0.588. The highest BCUT2D eigenvalue weighted by molar-refractivity contribution is 6.30. The summed E-state index contributed by atoms with van der Waals surface area (Å²) in [4.78, 5) is 19.5. The van der Waals surface area contributed by atoms with Gasteiger partial charge in [-0.15, -0.1) is 0 Å². The zero-order valence-electron chi connectivity index (χ0n) is 17.6. The van der Waals surface area contributed by atoms with Gasteiger partial charge in [-0.25, -0.2) is 4.98 Å². The van der Waals surface area contributed by atoms with Crippen LogP contribution < -0.4 is 0 Å². The highest BCUT2D eigenvalue weighted by Gasteiger charge is 2.30. The second kappa shape index (κ2) is 8.64. The number of halogens is 1. The van der Waals surface area contributed by atoms with Gasteiger partial charge in [0.25, 0.3) is 5.91 Å². The Morgan fingerprint density at radius 1 is 1.30 bits per heavy atom. The van der Waals surface area contributed by atoms with Gasteiger partial charge in [-0.3, -0.25) is 9.48 Å². The van der Waals surface area contributed by atoms with Crippen LogP contribution in [-0.4, -0.2) is 38.7 Å². The van der Waals surface area contributed by atoms with E-state index in [-0.39, 0.29) is 11.8 Å². The average Bonchev–Trinajstić information content (AvgIpc) is 3.36. The second-order valence-electron chi connectivity index (χ2n) is 8.29. The molecular formula is C23H27ClN4O2. The molecular weight excluding hydrogens is 400 g/mol. The lowest BCUT2D eigenvalue weighted by atomic mass is 9.97. The maximum atomic E-state index is 13.1. The largest absolute Gasteiger partial charge is 0.445 e. The Kier molecular flexibility index (Phi) is 5.95. The van der Waals surface area contributed by atoms with Crippen molar-refractivity contribution in [3.8, 4) is 0 Å². The van der Waals surface area contributed by atoms with Gasteiger partial charge < -0.3 is 9.32 Å². The molecule has 1 fully saturated rings. The van der Waals surface area contributed by atoms with E-state index in [9.17, 15) is 4.79 Å². The van der Waals surface area contributed by atoms with Crippen LogP contribution in [-0.2, 0) is 13.5 Å². The summed E-state index contributed by atoms with van der Waals surface area (Å²) in [5.41, 5.74) is 2.70. The molecule has 1 amide bonds. The Hall–Kier alpha value is -2.60. The number of carbonyl (C=O) groups excluding carboxylic acids is 1. The minimum absolute atomic E-state index is 0.0227. The molecule has 2 aromatic heterocycles. The van der Waals surface area contributed by atoms with E-state index in [0.717, 1.165) is 41.4 Å². The van der Waals surface area contributed by atoms with Crippen LogP contribution in [0, 0.1) is 0 Å². The first kappa shape index (κ1) is 20.7. The fraction of sp³-hybridized carbons (Fsp3) is 0.435. The molecule has 1 saturated heterocycles. The number of benzene rings is 1. The van der Waals surface area contributed by atoms with Crippen LogP contribution in [0.5, 0.6) is 0 Å². The lowest BCUT2D eigenvalue weighted by Gasteiger charge is -2.31. The molecule has 0 aliphatic carbocycles. The van der Waals surface area contributed by atoms with E-state index in [2.05, 4.69) is 23.9 Å². The molecule has 6 nitrogen and oxygen atoms in total. The number of amides is 1. The number of oxazole rings is 1. The van der Waals surface area contributed by atoms with Crippen molar-refractivity contribution in [3.63, 3.8) is 0 Å². The zero-order valence-corrected chi connectivity index (χ0v) is 18.4. The van der Waals surface area contributed by atoms with E-state index in [1.807, 2.05) is 42.3 Å². The van der Waals surface area contributed by atoms with Crippen molar-refractivity contribution in [2.75, 3.05) is 13.1 Å². The van der Waals surface area contributed by atoms with Crippen molar-refractivity contribution >= 4 is 17.5 Å². The molecule has 1 aliphatic heterocycles. The molecule has 0 bridgehead atoms. The van der Waals surface area contributed by atoms with Gasteiger partial charge in [-0.05, 0) is 42.5 Å². The normalized spacial score (nSPS) is 17.0. The van der Waals surface area contributed by atoms with Crippen LogP contribution in [0.2, 0.25) is 5.02 Å². The van der Waals surface area contributed by atoms with Crippen molar-refractivity contribution in [1.82, 2.24) is 19.7 Å². The van der Waals surface area contributed by atoms with Crippen LogP contribution >= 0.6 is 11.6 Å². The lowest BCUT2D eigenvalue weighted by Crippen LogP contribution is -2.40. The highest BCUT2D eigenvalue weighted by atomic mass is 35.5. The van der Waals surface area contributed by atoms with E-state index >= 15 is 0 Å². The van der Waals surface area contributed by atoms with Crippen LogP contribution in [0.1, 0.15) is 71.9 Å². The van der Waals surface area contributed by atoms with Crippen LogP contribution in [0.25, 0.3) is 0 Å². The van der Waals surface area contributed by atoms with Crippen LogP contribution in [0.15, 0.2) is 40.9 Å². The third kappa shape index (κ3) is 4.43. The minimum Gasteiger partial charge on any atom is -0.445 e. The average molecular weight is 427 g/mol. The van der Waals surface area contributed by atoms with Gasteiger partial charge in [0.2, 0.25) is 0 Å². The summed E-state index contributed by atoms with van der Waals surface area (Å²) in [5.74, 6) is 1.96. The van der Waals surface area contributed by atoms with E-state index in [0.29, 0.717) is 30.5 Å². The summed E-state index contributed by atoms with van der Waals surface area (Å²) in [5, 5.41) is 5.20. The Bertz CT molecular complexity index is 1020. The number of rotatable bonds is 5.